The van der Waals surface area contributed by atoms with E-state index in [-0.39, 0.29) is 24.7 Å². The van der Waals surface area contributed by atoms with E-state index in [2.05, 4.69) is 21.2 Å². The summed E-state index contributed by atoms with van der Waals surface area (Å²) < 4.78 is 31.4. The molecule has 0 fully saturated rings. The second-order valence-electron chi connectivity index (χ2n) is 2.97. The van der Waals surface area contributed by atoms with Gasteiger partial charge in [0.05, 0.1) is 13.0 Å². The van der Waals surface area contributed by atoms with Gasteiger partial charge in [-0.15, -0.1) is 0 Å². The third-order valence-corrected chi connectivity index (χ3v) is 2.28. The lowest BCUT2D eigenvalue weighted by molar-refractivity contribution is -0.121. The van der Waals surface area contributed by atoms with Crippen LogP contribution in [0.3, 0.4) is 0 Å². The quantitative estimate of drug-likeness (QED) is 0.865. The average molecular weight is 294 g/mol. The Morgan fingerprint density at radius 2 is 2.19 bits per heavy atom. The van der Waals surface area contributed by atoms with Crippen LogP contribution >= 0.6 is 15.9 Å². The van der Waals surface area contributed by atoms with E-state index in [1.165, 1.54) is 13.1 Å². The van der Waals surface area contributed by atoms with Crippen LogP contribution in [-0.2, 0) is 4.79 Å². The first-order chi connectivity index (χ1) is 7.54. The SMILES string of the molecule is CNC(=O)CCOc1cc(Br)cc(F)c1F. The fourth-order valence-corrected chi connectivity index (χ4v) is 1.42. The third-order valence-electron chi connectivity index (χ3n) is 1.83. The molecule has 1 rings (SSSR count). The lowest BCUT2D eigenvalue weighted by Gasteiger charge is -2.07. The van der Waals surface area contributed by atoms with Gasteiger partial charge in [0.25, 0.3) is 0 Å². The lowest BCUT2D eigenvalue weighted by Crippen LogP contribution is -2.20. The molecule has 1 amide bonds. The number of rotatable bonds is 4. The minimum Gasteiger partial charge on any atom is -0.490 e. The minimum absolute atomic E-state index is 0.00745. The summed E-state index contributed by atoms with van der Waals surface area (Å²) >= 11 is 3.02. The fraction of sp³-hybridized carbons (Fsp3) is 0.300. The number of nitrogens with one attached hydrogen (secondary N) is 1. The maximum atomic E-state index is 13.2. The molecule has 0 aliphatic rings. The Bertz CT molecular complexity index is 399. The van der Waals surface area contributed by atoms with Gasteiger partial charge in [-0.2, -0.15) is 4.39 Å². The van der Waals surface area contributed by atoms with E-state index < -0.39 is 11.6 Å². The number of benzene rings is 1. The first-order valence-electron chi connectivity index (χ1n) is 4.52. The molecule has 0 radical (unpaired) electrons. The smallest absolute Gasteiger partial charge is 0.223 e. The lowest BCUT2D eigenvalue weighted by atomic mass is 10.3. The summed E-state index contributed by atoms with van der Waals surface area (Å²) in [6.45, 7) is -0.00745. The molecular formula is C10H10BrF2NO2. The van der Waals surface area contributed by atoms with E-state index in [1.807, 2.05) is 0 Å². The largest absolute Gasteiger partial charge is 0.490 e. The number of hydrogen-bond donors (Lipinski definition) is 1. The van der Waals surface area contributed by atoms with Crippen LogP contribution in [-0.4, -0.2) is 19.6 Å². The van der Waals surface area contributed by atoms with Crippen molar-refractivity contribution in [1.29, 1.82) is 0 Å². The van der Waals surface area contributed by atoms with Crippen molar-refractivity contribution in [2.45, 2.75) is 6.42 Å². The molecule has 0 unspecified atom stereocenters. The Morgan fingerprint density at radius 1 is 1.50 bits per heavy atom. The molecule has 0 heterocycles. The number of hydrogen-bond acceptors (Lipinski definition) is 2. The molecule has 0 saturated heterocycles. The van der Waals surface area contributed by atoms with Gasteiger partial charge < -0.3 is 10.1 Å². The van der Waals surface area contributed by atoms with E-state index in [0.717, 1.165) is 6.07 Å². The molecule has 0 saturated carbocycles. The molecule has 0 aliphatic heterocycles. The summed E-state index contributed by atoms with van der Waals surface area (Å²) in [5, 5.41) is 2.39. The van der Waals surface area contributed by atoms with Crippen LogP contribution in [0.25, 0.3) is 0 Å². The average Bonchev–Trinajstić information content (AvgIpc) is 2.24. The molecule has 1 N–H and O–H groups in total. The maximum absolute atomic E-state index is 13.2. The second kappa shape index (κ2) is 5.79. The summed E-state index contributed by atoms with van der Waals surface area (Å²) in [6.07, 6.45) is 0.0874. The number of carbonyl (C=O) groups is 1. The fourth-order valence-electron chi connectivity index (χ4n) is 1.02. The predicted octanol–water partition coefficient (Wildman–Crippen LogP) is 2.24. The molecule has 3 nitrogen and oxygen atoms in total. The zero-order valence-corrected chi connectivity index (χ0v) is 10.1. The monoisotopic (exact) mass is 293 g/mol. The van der Waals surface area contributed by atoms with Crippen LogP contribution in [0.15, 0.2) is 16.6 Å². The summed E-state index contributed by atoms with van der Waals surface area (Å²) in [5.74, 6) is -2.49. The first-order valence-corrected chi connectivity index (χ1v) is 5.32. The molecule has 0 atom stereocenters. The zero-order valence-electron chi connectivity index (χ0n) is 8.52. The zero-order chi connectivity index (χ0) is 12.1. The van der Waals surface area contributed by atoms with E-state index >= 15 is 0 Å². The van der Waals surface area contributed by atoms with Crippen LogP contribution in [0, 0.1) is 11.6 Å². The molecule has 0 spiro atoms. The normalized spacial score (nSPS) is 10.0. The molecular weight excluding hydrogens is 284 g/mol. The van der Waals surface area contributed by atoms with Crippen molar-refractivity contribution >= 4 is 21.8 Å². The second-order valence-corrected chi connectivity index (χ2v) is 3.89. The summed E-state index contributed by atoms with van der Waals surface area (Å²) in [6, 6.07) is 2.31. The predicted molar refractivity (Wildman–Crippen MR) is 58.2 cm³/mol. The van der Waals surface area contributed by atoms with Gasteiger partial charge in [0.1, 0.15) is 0 Å². The van der Waals surface area contributed by atoms with E-state index in [1.54, 1.807) is 0 Å². The molecule has 88 valence electrons. The molecule has 0 aromatic heterocycles. The highest BCUT2D eigenvalue weighted by molar-refractivity contribution is 9.10. The van der Waals surface area contributed by atoms with Gasteiger partial charge in [-0.25, -0.2) is 4.39 Å². The van der Waals surface area contributed by atoms with E-state index in [9.17, 15) is 13.6 Å². The van der Waals surface area contributed by atoms with Gasteiger partial charge in [-0.1, -0.05) is 15.9 Å². The van der Waals surface area contributed by atoms with Crippen molar-refractivity contribution in [3.8, 4) is 5.75 Å². The summed E-state index contributed by atoms with van der Waals surface area (Å²) in [4.78, 5) is 10.9. The number of halogens is 3. The Labute approximate surface area is 99.9 Å². The van der Waals surface area contributed by atoms with Gasteiger partial charge in [-0.05, 0) is 12.1 Å². The molecule has 0 bridgehead atoms. The third kappa shape index (κ3) is 3.44. The van der Waals surface area contributed by atoms with E-state index in [0.29, 0.717) is 4.47 Å². The van der Waals surface area contributed by atoms with Crippen molar-refractivity contribution in [1.82, 2.24) is 5.32 Å². The number of ether oxygens (including phenoxy) is 1. The van der Waals surface area contributed by atoms with Crippen molar-refractivity contribution in [2.75, 3.05) is 13.7 Å². The van der Waals surface area contributed by atoms with Crippen LogP contribution in [0.2, 0.25) is 0 Å². The molecule has 1 aromatic rings. The minimum atomic E-state index is -1.06. The highest BCUT2D eigenvalue weighted by Crippen LogP contribution is 2.25. The molecule has 0 aliphatic carbocycles. The van der Waals surface area contributed by atoms with Crippen molar-refractivity contribution in [3.05, 3.63) is 28.2 Å². The summed E-state index contributed by atoms with van der Waals surface area (Å²) in [7, 11) is 1.49. The van der Waals surface area contributed by atoms with Crippen LogP contribution in [0.1, 0.15) is 6.42 Å². The van der Waals surface area contributed by atoms with Crippen molar-refractivity contribution in [2.24, 2.45) is 0 Å². The topological polar surface area (TPSA) is 38.3 Å². The van der Waals surface area contributed by atoms with Gasteiger partial charge in [0.15, 0.2) is 11.6 Å². The van der Waals surface area contributed by atoms with Gasteiger partial charge >= 0.3 is 0 Å². The Balaban J connectivity index is 2.63. The first kappa shape index (κ1) is 12.9. The van der Waals surface area contributed by atoms with Crippen LogP contribution in [0.5, 0.6) is 5.75 Å². The molecule has 6 heteroatoms. The van der Waals surface area contributed by atoms with Crippen molar-refractivity contribution in [3.63, 3.8) is 0 Å². The summed E-state index contributed by atoms with van der Waals surface area (Å²) in [5.41, 5.74) is 0. The Kier molecular flexibility index (Phi) is 4.67. The van der Waals surface area contributed by atoms with Gasteiger partial charge in [0, 0.05) is 11.5 Å². The van der Waals surface area contributed by atoms with Gasteiger partial charge in [-0.3, -0.25) is 4.79 Å². The Hall–Kier alpha value is -1.17. The Morgan fingerprint density at radius 3 is 2.81 bits per heavy atom. The van der Waals surface area contributed by atoms with Crippen LogP contribution < -0.4 is 10.1 Å². The number of amides is 1. The molecule has 16 heavy (non-hydrogen) atoms. The highest BCUT2D eigenvalue weighted by atomic mass is 79.9. The van der Waals surface area contributed by atoms with E-state index in [4.69, 9.17) is 4.74 Å². The maximum Gasteiger partial charge on any atom is 0.223 e. The number of carbonyl (C=O) groups excluding carboxylic acids is 1. The standard InChI is InChI=1S/C10H10BrF2NO2/c1-14-9(15)2-3-16-8-5-6(11)4-7(12)10(8)13/h4-5H,2-3H2,1H3,(H,14,15). The van der Waals surface area contributed by atoms with Crippen molar-refractivity contribution < 1.29 is 18.3 Å². The van der Waals surface area contributed by atoms with Crippen LogP contribution in [0.4, 0.5) is 8.78 Å². The highest BCUT2D eigenvalue weighted by Gasteiger charge is 2.11. The van der Waals surface area contributed by atoms with Gasteiger partial charge in [0.2, 0.25) is 11.7 Å². The molecule has 1 aromatic carbocycles.